The fourth-order valence-corrected chi connectivity index (χ4v) is 7.11. The van der Waals surface area contributed by atoms with Gasteiger partial charge in [0, 0.05) is 12.0 Å². The minimum absolute atomic E-state index is 0.133. The third kappa shape index (κ3) is 4.06. The summed E-state index contributed by atoms with van der Waals surface area (Å²) in [4.78, 5) is 16.9. The zero-order chi connectivity index (χ0) is 19.0. The number of aromatic nitrogens is 1. The predicted molar refractivity (Wildman–Crippen MR) is 113 cm³/mol. The molecule has 1 aromatic rings. The van der Waals surface area contributed by atoms with Crippen LogP contribution in [0.15, 0.2) is 18.3 Å². The van der Waals surface area contributed by atoms with Crippen molar-refractivity contribution >= 4 is 17.4 Å². The van der Waals surface area contributed by atoms with Gasteiger partial charge in [0.15, 0.2) is 0 Å². The van der Waals surface area contributed by atoms with Crippen LogP contribution in [-0.4, -0.2) is 16.4 Å². The largest absolute Gasteiger partial charge is 0.365 e. The Morgan fingerprint density at radius 1 is 1.00 bits per heavy atom. The van der Waals surface area contributed by atoms with E-state index in [2.05, 4.69) is 21.7 Å². The van der Waals surface area contributed by atoms with Crippen LogP contribution in [0.25, 0.3) is 0 Å². The van der Waals surface area contributed by atoms with E-state index in [1.807, 2.05) is 12.3 Å². The molecule has 4 nitrogen and oxygen atoms in total. The van der Waals surface area contributed by atoms with Crippen LogP contribution in [0.3, 0.4) is 0 Å². The molecule has 6 rings (SSSR count). The minimum Gasteiger partial charge on any atom is -0.365 e. The summed E-state index contributed by atoms with van der Waals surface area (Å²) < 4.78 is 0. The normalized spacial score (nSPS) is 34.4. The SMILES string of the molecule is O=C(CCC1CCCCC1)Nc1ccc(NC23CC4CC(CC(C4)C2)C3)nc1. The van der Waals surface area contributed by atoms with Gasteiger partial charge in [-0.15, -0.1) is 0 Å². The van der Waals surface area contributed by atoms with E-state index in [9.17, 15) is 4.79 Å². The van der Waals surface area contributed by atoms with Crippen molar-refractivity contribution in [3.63, 3.8) is 0 Å². The highest BCUT2D eigenvalue weighted by atomic mass is 16.1. The lowest BCUT2D eigenvalue weighted by Crippen LogP contribution is -2.54. The van der Waals surface area contributed by atoms with Crippen LogP contribution in [0.1, 0.15) is 83.5 Å². The number of nitrogens with one attached hydrogen (secondary N) is 2. The quantitative estimate of drug-likeness (QED) is 0.658. The summed E-state index contributed by atoms with van der Waals surface area (Å²) in [5, 5.41) is 6.85. The summed E-state index contributed by atoms with van der Waals surface area (Å²) in [5.74, 6) is 4.66. The van der Waals surface area contributed by atoms with Crippen LogP contribution in [0, 0.1) is 23.7 Å². The van der Waals surface area contributed by atoms with Gasteiger partial charge in [-0.2, -0.15) is 0 Å². The van der Waals surface area contributed by atoms with Crippen molar-refractivity contribution in [3.05, 3.63) is 18.3 Å². The van der Waals surface area contributed by atoms with Gasteiger partial charge >= 0.3 is 0 Å². The van der Waals surface area contributed by atoms with Crippen molar-refractivity contribution in [2.45, 2.75) is 89.0 Å². The average Bonchev–Trinajstić information content (AvgIpc) is 2.67. The summed E-state index contributed by atoms with van der Waals surface area (Å²) in [6.45, 7) is 0. The van der Waals surface area contributed by atoms with E-state index in [0.29, 0.717) is 6.42 Å². The van der Waals surface area contributed by atoms with Crippen molar-refractivity contribution in [3.8, 4) is 0 Å². The molecule has 2 N–H and O–H groups in total. The second kappa shape index (κ2) is 7.68. The van der Waals surface area contributed by atoms with E-state index in [0.717, 1.165) is 41.6 Å². The van der Waals surface area contributed by atoms with E-state index in [4.69, 9.17) is 0 Å². The van der Waals surface area contributed by atoms with Gasteiger partial charge in [-0.1, -0.05) is 32.1 Å². The first-order valence-corrected chi connectivity index (χ1v) is 11.7. The van der Waals surface area contributed by atoms with E-state index < -0.39 is 0 Å². The zero-order valence-corrected chi connectivity index (χ0v) is 17.1. The van der Waals surface area contributed by atoms with Crippen LogP contribution < -0.4 is 10.6 Å². The molecule has 4 heteroatoms. The van der Waals surface area contributed by atoms with Gasteiger partial charge in [0.25, 0.3) is 0 Å². The molecule has 0 aliphatic heterocycles. The summed E-state index contributed by atoms with van der Waals surface area (Å²) >= 11 is 0. The highest BCUT2D eigenvalue weighted by Crippen LogP contribution is 2.56. The summed E-state index contributed by atoms with van der Waals surface area (Å²) in [5.41, 5.74) is 1.11. The number of pyridine rings is 1. The number of anilines is 2. The maximum atomic E-state index is 12.3. The molecule has 5 saturated carbocycles. The average molecular weight is 382 g/mol. The smallest absolute Gasteiger partial charge is 0.224 e. The lowest BCUT2D eigenvalue weighted by Gasteiger charge is -2.57. The van der Waals surface area contributed by atoms with Gasteiger partial charge in [-0.3, -0.25) is 4.79 Å². The highest BCUT2D eigenvalue weighted by molar-refractivity contribution is 5.90. The maximum absolute atomic E-state index is 12.3. The van der Waals surface area contributed by atoms with Crippen molar-refractivity contribution < 1.29 is 4.79 Å². The topological polar surface area (TPSA) is 54.0 Å². The van der Waals surface area contributed by atoms with Crippen LogP contribution in [0.2, 0.25) is 0 Å². The van der Waals surface area contributed by atoms with Crippen LogP contribution in [-0.2, 0) is 4.79 Å². The molecule has 0 atom stereocenters. The Balaban J connectivity index is 1.13. The molecule has 0 unspecified atom stereocenters. The lowest BCUT2D eigenvalue weighted by molar-refractivity contribution is -0.116. The molecule has 5 fully saturated rings. The first kappa shape index (κ1) is 18.4. The molecule has 4 bridgehead atoms. The number of hydrogen-bond acceptors (Lipinski definition) is 3. The minimum atomic E-state index is 0.133. The fourth-order valence-electron chi connectivity index (χ4n) is 7.11. The number of amides is 1. The monoisotopic (exact) mass is 381 g/mol. The Kier molecular flexibility index (Phi) is 5.06. The molecule has 1 heterocycles. The van der Waals surface area contributed by atoms with Gasteiger partial charge < -0.3 is 10.6 Å². The second-order valence-corrected chi connectivity index (χ2v) is 10.3. The molecular weight excluding hydrogens is 346 g/mol. The molecule has 1 aromatic heterocycles. The molecule has 0 spiro atoms. The van der Waals surface area contributed by atoms with E-state index in [1.54, 1.807) is 0 Å². The second-order valence-electron chi connectivity index (χ2n) is 10.3. The third-order valence-electron chi connectivity index (χ3n) is 7.98. The first-order chi connectivity index (χ1) is 13.7. The van der Waals surface area contributed by atoms with Gasteiger partial charge in [-0.25, -0.2) is 4.98 Å². The third-order valence-corrected chi connectivity index (χ3v) is 7.98. The molecule has 0 aromatic carbocycles. The van der Waals surface area contributed by atoms with Crippen molar-refractivity contribution in [1.82, 2.24) is 4.98 Å². The van der Waals surface area contributed by atoms with E-state index in [1.165, 1.54) is 70.6 Å². The standard InChI is InChI=1S/C24H35N3O/c28-23(9-6-17-4-2-1-3-5-17)26-21-7-8-22(25-16-21)27-24-13-18-10-19(14-24)12-20(11-18)15-24/h7-8,16-20H,1-6,9-15H2,(H,25,27)(H,26,28). The van der Waals surface area contributed by atoms with Crippen molar-refractivity contribution in [2.75, 3.05) is 10.6 Å². The summed E-state index contributed by atoms with van der Waals surface area (Å²) in [6.07, 6.45) is 18.5. The Labute approximate surface area is 169 Å². The molecule has 1 amide bonds. The molecule has 28 heavy (non-hydrogen) atoms. The first-order valence-electron chi connectivity index (χ1n) is 11.7. The molecule has 152 valence electrons. The molecule has 5 aliphatic rings. The van der Waals surface area contributed by atoms with Crippen molar-refractivity contribution in [1.29, 1.82) is 0 Å². The van der Waals surface area contributed by atoms with Gasteiger partial charge in [0.05, 0.1) is 11.9 Å². The van der Waals surface area contributed by atoms with E-state index >= 15 is 0 Å². The van der Waals surface area contributed by atoms with Crippen molar-refractivity contribution in [2.24, 2.45) is 23.7 Å². The zero-order valence-electron chi connectivity index (χ0n) is 17.1. The van der Waals surface area contributed by atoms with E-state index in [-0.39, 0.29) is 11.4 Å². The number of carbonyl (C=O) groups excluding carboxylic acids is 1. The van der Waals surface area contributed by atoms with Crippen LogP contribution in [0.4, 0.5) is 11.5 Å². The summed E-state index contributed by atoms with van der Waals surface area (Å²) in [7, 11) is 0. The molecule has 0 radical (unpaired) electrons. The summed E-state index contributed by atoms with van der Waals surface area (Å²) in [6, 6.07) is 4.06. The Bertz CT molecular complexity index is 657. The molecule has 0 saturated heterocycles. The Morgan fingerprint density at radius 3 is 2.29 bits per heavy atom. The fraction of sp³-hybridized carbons (Fsp3) is 0.750. The Morgan fingerprint density at radius 2 is 1.68 bits per heavy atom. The number of carbonyl (C=O) groups is 1. The molecule has 5 aliphatic carbocycles. The van der Waals surface area contributed by atoms with Crippen LogP contribution in [0.5, 0.6) is 0 Å². The van der Waals surface area contributed by atoms with Crippen LogP contribution >= 0.6 is 0 Å². The van der Waals surface area contributed by atoms with Gasteiger partial charge in [0.1, 0.15) is 5.82 Å². The lowest BCUT2D eigenvalue weighted by atomic mass is 9.53. The Hall–Kier alpha value is -1.58. The number of rotatable bonds is 6. The predicted octanol–water partition coefficient (Wildman–Crippen LogP) is 5.76. The maximum Gasteiger partial charge on any atom is 0.224 e. The van der Waals surface area contributed by atoms with Gasteiger partial charge in [0.2, 0.25) is 5.91 Å². The number of nitrogens with zero attached hydrogens (tertiary/aromatic N) is 1. The number of hydrogen-bond donors (Lipinski definition) is 2. The molecular formula is C24H35N3O. The highest BCUT2D eigenvalue weighted by Gasteiger charge is 2.51. The van der Waals surface area contributed by atoms with Gasteiger partial charge in [-0.05, 0) is 80.8 Å².